The van der Waals surface area contributed by atoms with Gasteiger partial charge in [-0.3, -0.25) is 4.79 Å². The van der Waals surface area contributed by atoms with Gasteiger partial charge in [-0.1, -0.05) is 30.3 Å². The van der Waals surface area contributed by atoms with Gasteiger partial charge in [-0.25, -0.2) is 9.59 Å². The van der Waals surface area contributed by atoms with E-state index in [0.29, 0.717) is 18.8 Å². The number of carbonyl (C=O) groups is 3. The van der Waals surface area contributed by atoms with Crippen LogP contribution in [0.15, 0.2) is 60.7 Å². The Labute approximate surface area is 203 Å². The van der Waals surface area contributed by atoms with Crippen LogP contribution in [0, 0.1) is 5.92 Å². The molecule has 2 aromatic carbocycles. The SMILES string of the molecule is COC(=O)c1ccc(C(=O)OC)c(NC(=O)C2CCCN(c3ccc(-c4ccccc4)nn3)C2)c1. The molecule has 0 saturated carbocycles. The normalized spacial score (nSPS) is 15.3. The van der Waals surface area contributed by atoms with Gasteiger partial charge in [-0.2, -0.15) is 0 Å². The Hall–Kier alpha value is -4.27. The first kappa shape index (κ1) is 23.9. The molecule has 1 N–H and O–H groups in total. The van der Waals surface area contributed by atoms with Gasteiger partial charge in [-0.15, -0.1) is 10.2 Å². The van der Waals surface area contributed by atoms with Crippen LogP contribution in [0.5, 0.6) is 0 Å². The minimum Gasteiger partial charge on any atom is -0.465 e. The standard InChI is InChI=1S/C26H26N4O5/c1-34-25(32)18-10-11-20(26(33)35-2)22(15-18)27-24(31)19-9-6-14-30(16-19)23-13-12-21(28-29-23)17-7-4-3-5-8-17/h3-5,7-8,10-13,15,19H,6,9,14,16H2,1-2H3,(H,27,31). The second kappa shape index (κ2) is 10.8. The number of hydrogen-bond acceptors (Lipinski definition) is 8. The zero-order chi connectivity index (χ0) is 24.8. The molecule has 0 radical (unpaired) electrons. The molecule has 35 heavy (non-hydrogen) atoms. The fraction of sp³-hybridized carbons (Fsp3) is 0.269. The van der Waals surface area contributed by atoms with E-state index in [4.69, 9.17) is 9.47 Å². The van der Waals surface area contributed by atoms with Gasteiger partial charge in [-0.05, 0) is 43.2 Å². The molecule has 0 bridgehead atoms. The fourth-order valence-corrected chi connectivity index (χ4v) is 4.07. The highest BCUT2D eigenvalue weighted by Crippen LogP contribution is 2.26. The van der Waals surface area contributed by atoms with Crippen molar-refractivity contribution in [1.29, 1.82) is 0 Å². The van der Waals surface area contributed by atoms with Crippen molar-refractivity contribution >= 4 is 29.4 Å². The van der Waals surface area contributed by atoms with Crippen LogP contribution >= 0.6 is 0 Å². The number of hydrogen-bond donors (Lipinski definition) is 1. The van der Waals surface area contributed by atoms with Crippen molar-refractivity contribution in [2.75, 3.05) is 37.5 Å². The molecule has 1 aliphatic rings. The summed E-state index contributed by atoms with van der Waals surface area (Å²) in [7, 11) is 2.52. The number of ether oxygens (including phenoxy) is 2. The molecule has 4 rings (SSSR count). The summed E-state index contributed by atoms with van der Waals surface area (Å²) in [4.78, 5) is 39.3. The van der Waals surface area contributed by atoms with Gasteiger partial charge in [0.15, 0.2) is 5.82 Å². The molecule has 0 aliphatic carbocycles. The van der Waals surface area contributed by atoms with E-state index in [9.17, 15) is 14.4 Å². The molecule has 1 aromatic heterocycles. The number of methoxy groups -OCH3 is 2. The summed E-state index contributed by atoms with van der Waals surface area (Å²) in [6.45, 7) is 1.21. The summed E-state index contributed by atoms with van der Waals surface area (Å²) in [5.41, 5.74) is 2.34. The zero-order valence-electron chi connectivity index (χ0n) is 19.6. The number of esters is 2. The van der Waals surface area contributed by atoms with Gasteiger partial charge in [0.2, 0.25) is 5.91 Å². The lowest BCUT2D eigenvalue weighted by molar-refractivity contribution is -0.120. The predicted octanol–water partition coefficient (Wildman–Crippen LogP) is 3.57. The molecule has 180 valence electrons. The molecule has 1 aliphatic heterocycles. The van der Waals surface area contributed by atoms with Crippen LogP contribution in [0.2, 0.25) is 0 Å². The Balaban J connectivity index is 1.49. The number of aromatic nitrogens is 2. The molecule has 9 nitrogen and oxygen atoms in total. The Kier molecular flexibility index (Phi) is 7.35. The second-order valence-corrected chi connectivity index (χ2v) is 8.16. The lowest BCUT2D eigenvalue weighted by atomic mass is 9.96. The average Bonchev–Trinajstić information content (AvgIpc) is 2.92. The Bertz CT molecular complexity index is 1210. The van der Waals surface area contributed by atoms with E-state index in [1.54, 1.807) is 0 Å². The van der Waals surface area contributed by atoms with E-state index in [0.717, 1.165) is 24.2 Å². The molecule has 0 spiro atoms. The van der Waals surface area contributed by atoms with Gasteiger partial charge >= 0.3 is 11.9 Å². The van der Waals surface area contributed by atoms with Crippen LogP contribution in [-0.4, -0.2) is 55.4 Å². The number of nitrogens with zero attached hydrogens (tertiary/aromatic N) is 3. The van der Waals surface area contributed by atoms with Crippen molar-refractivity contribution in [3.63, 3.8) is 0 Å². The molecule has 3 aromatic rings. The van der Waals surface area contributed by atoms with Crippen LogP contribution in [0.3, 0.4) is 0 Å². The lowest BCUT2D eigenvalue weighted by Gasteiger charge is -2.32. The van der Waals surface area contributed by atoms with E-state index >= 15 is 0 Å². The van der Waals surface area contributed by atoms with Gasteiger partial charge in [0.1, 0.15) is 0 Å². The number of amides is 1. The summed E-state index contributed by atoms with van der Waals surface area (Å²) in [5.74, 6) is -1.08. The van der Waals surface area contributed by atoms with Crippen molar-refractivity contribution in [2.45, 2.75) is 12.8 Å². The maximum Gasteiger partial charge on any atom is 0.339 e. The van der Waals surface area contributed by atoms with Crippen molar-refractivity contribution in [3.05, 3.63) is 71.8 Å². The minimum absolute atomic E-state index is 0.156. The van der Waals surface area contributed by atoms with Gasteiger partial charge in [0, 0.05) is 18.7 Å². The van der Waals surface area contributed by atoms with Crippen molar-refractivity contribution < 1.29 is 23.9 Å². The highest BCUT2D eigenvalue weighted by Gasteiger charge is 2.28. The third kappa shape index (κ3) is 5.46. The Morgan fingerprint density at radius 3 is 2.40 bits per heavy atom. The molecule has 1 atom stereocenters. The quantitative estimate of drug-likeness (QED) is 0.540. The van der Waals surface area contributed by atoms with Gasteiger partial charge in [0.25, 0.3) is 0 Å². The van der Waals surface area contributed by atoms with Crippen molar-refractivity contribution in [3.8, 4) is 11.3 Å². The molecule has 1 saturated heterocycles. The van der Waals surface area contributed by atoms with E-state index < -0.39 is 11.9 Å². The third-order valence-corrected chi connectivity index (χ3v) is 5.94. The maximum absolute atomic E-state index is 13.2. The third-order valence-electron chi connectivity index (χ3n) is 5.94. The highest BCUT2D eigenvalue weighted by atomic mass is 16.5. The lowest BCUT2D eigenvalue weighted by Crippen LogP contribution is -2.41. The zero-order valence-corrected chi connectivity index (χ0v) is 19.6. The number of benzene rings is 2. The summed E-state index contributed by atoms with van der Waals surface area (Å²) < 4.78 is 9.57. The average molecular weight is 475 g/mol. The minimum atomic E-state index is -0.615. The first-order valence-electron chi connectivity index (χ1n) is 11.3. The van der Waals surface area contributed by atoms with E-state index in [1.165, 1.54) is 32.4 Å². The van der Waals surface area contributed by atoms with Crippen LogP contribution in [0.25, 0.3) is 11.3 Å². The van der Waals surface area contributed by atoms with Crippen molar-refractivity contribution in [1.82, 2.24) is 10.2 Å². The Morgan fingerprint density at radius 2 is 1.71 bits per heavy atom. The summed E-state index contributed by atoms with van der Waals surface area (Å²) in [6.07, 6.45) is 1.48. The topological polar surface area (TPSA) is 111 Å². The summed E-state index contributed by atoms with van der Waals surface area (Å²) >= 11 is 0. The van der Waals surface area contributed by atoms with Crippen LogP contribution < -0.4 is 10.2 Å². The summed E-state index contributed by atoms with van der Waals surface area (Å²) in [5, 5.41) is 11.5. The van der Waals surface area contributed by atoms with Crippen LogP contribution in [-0.2, 0) is 14.3 Å². The molecule has 1 unspecified atom stereocenters. The van der Waals surface area contributed by atoms with E-state index in [-0.39, 0.29) is 28.6 Å². The fourth-order valence-electron chi connectivity index (χ4n) is 4.07. The van der Waals surface area contributed by atoms with Crippen LogP contribution in [0.4, 0.5) is 11.5 Å². The molecule has 2 heterocycles. The Morgan fingerprint density at radius 1 is 0.943 bits per heavy atom. The molecule has 9 heteroatoms. The van der Waals surface area contributed by atoms with Crippen molar-refractivity contribution in [2.24, 2.45) is 5.92 Å². The first-order chi connectivity index (χ1) is 17.0. The van der Waals surface area contributed by atoms with Gasteiger partial charge < -0.3 is 19.7 Å². The monoisotopic (exact) mass is 474 g/mol. The molecule has 1 fully saturated rings. The molecule has 1 amide bonds. The predicted molar refractivity (Wildman–Crippen MR) is 130 cm³/mol. The van der Waals surface area contributed by atoms with E-state index in [1.807, 2.05) is 47.4 Å². The number of anilines is 2. The number of carbonyl (C=O) groups excluding carboxylic acids is 3. The summed E-state index contributed by atoms with van der Waals surface area (Å²) in [6, 6.07) is 17.9. The highest BCUT2D eigenvalue weighted by molar-refractivity contribution is 6.04. The maximum atomic E-state index is 13.2. The van der Waals surface area contributed by atoms with Gasteiger partial charge in [0.05, 0.1) is 42.6 Å². The second-order valence-electron chi connectivity index (χ2n) is 8.16. The number of rotatable bonds is 6. The van der Waals surface area contributed by atoms with E-state index in [2.05, 4.69) is 15.5 Å². The number of piperidine rings is 1. The number of nitrogens with one attached hydrogen (secondary N) is 1. The molecular weight excluding hydrogens is 448 g/mol. The largest absolute Gasteiger partial charge is 0.465 e. The molecular formula is C26H26N4O5. The first-order valence-corrected chi connectivity index (χ1v) is 11.3. The van der Waals surface area contributed by atoms with Crippen LogP contribution in [0.1, 0.15) is 33.6 Å². The smallest absolute Gasteiger partial charge is 0.339 e.